The molecule has 0 amide bonds. The normalized spacial score (nSPS) is 11.2. The van der Waals surface area contributed by atoms with Crippen molar-refractivity contribution in [2.24, 2.45) is 4.99 Å². The zero-order chi connectivity index (χ0) is 14.0. The highest BCUT2D eigenvalue weighted by atomic mass is 79.9. The van der Waals surface area contributed by atoms with Crippen molar-refractivity contribution in [3.8, 4) is 5.75 Å². The molecule has 0 atom stereocenters. The molecular formula is C16H16BrNO. The summed E-state index contributed by atoms with van der Waals surface area (Å²) in [6.45, 7) is 6.01. The number of phenolic OH excluding ortho intramolecular Hbond substituents is 1. The van der Waals surface area contributed by atoms with E-state index < -0.39 is 0 Å². The maximum absolute atomic E-state index is 9.99. The van der Waals surface area contributed by atoms with Gasteiger partial charge in [-0.15, -0.1) is 0 Å². The molecule has 0 aromatic heterocycles. The minimum absolute atomic E-state index is 0.274. The lowest BCUT2D eigenvalue weighted by molar-refractivity contribution is 0.470. The third-order valence-electron chi connectivity index (χ3n) is 3.14. The van der Waals surface area contributed by atoms with E-state index >= 15 is 0 Å². The first-order chi connectivity index (χ1) is 8.97. The van der Waals surface area contributed by atoms with Gasteiger partial charge in [-0.3, -0.25) is 4.99 Å². The van der Waals surface area contributed by atoms with Crippen LogP contribution in [0.3, 0.4) is 0 Å². The van der Waals surface area contributed by atoms with Crippen LogP contribution in [0.25, 0.3) is 0 Å². The van der Waals surface area contributed by atoms with Crippen molar-refractivity contribution in [3.63, 3.8) is 0 Å². The number of phenols is 1. The summed E-state index contributed by atoms with van der Waals surface area (Å²) in [7, 11) is 0. The standard InChI is InChI=1S/C16H16BrNO/c1-10-4-5-15(7-11(10)2)18-9-13-8-14(17)6-12(3)16(13)19/h4-9,19H,1-3H3. The molecule has 3 heteroatoms. The molecule has 0 fully saturated rings. The lowest BCUT2D eigenvalue weighted by Crippen LogP contribution is -1.86. The first kappa shape index (κ1) is 13.8. The fourth-order valence-electron chi connectivity index (χ4n) is 1.81. The Morgan fingerprint density at radius 3 is 2.42 bits per heavy atom. The topological polar surface area (TPSA) is 32.6 Å². The number of aromatic hydroxyl groups is 1. The number of nitrogens with zero attached hydrogens (tertiary/aromatic N) is 1. The summed E-state index contributed by atoms with van der Waals surface area (Å²) in [6, 6.07) is 9.79. The molecule has 0 saturated carbocycles. The van der Waals surface area contributed by atoms with Gasteiger partial charge < -0.3 is 5.11 Å². The van der Waals surface area contributed by atoms with E-state index in [2.05, 4.69) is 34.8 Å². The molecule has 0 spiro atoms. The van der Waals surface area contributed by atoms with Crippen LogP contribution in [0.4, 0.5) is 5.69 Å². The summed E-state index contributed by atoms with van der Waals surface area (Å²) in [5.74, 6) is 0.274. The van der Waals surface area contributed by atoms with Crippen LogP contribution in [-0.2, 0) is 0 Å². The second kappa shape index (κ2) is 5.57. The van der Waals surface area contributed by atoms with Crippen LogP contribution in [0.1, 0.15) is 22.3 Å². The maximum atomic E-state index is 9.99. The number of rotatable bonds is 2. The van der Waals surface area contributed by atoms with E-state index in [1.807, 2.05) is 37.3 Å². The van der Waals surface area contributed by atoms with E-state index in [-0.39, 0.29) is 5.75 Å². The molecule has 2 rings (SSSR count). The van der Waals surface area contributed by atoms with Crippen molar-refractivity contribution in [3.05, 3.63) is 57.1 Å². The fourth-order valence-corrected chi connectivity index (χ4v) is 2.40. The molecule has 0 aliphatic rings. The number of aryl methyl sites for hydroxylation is 3. The van der Waals surface area contributed by atoms with Crippen LogP contribution in [0.15, 0.2) is 39.8 Å². The molecule has 0 aliphatic carbocycles. The van der Waals surface area contributed by atoms with Gasteiger partial charge in [-0.1, -0.05) is 22.0 Å². The minimum atomic E-state index is 0.274. The lowest BCUT2D eigenvalue weighted by Gasteiger charge is -2.04. The van der Waals surface area contributed by atoms with Gasteiger partial charge in [-0.05, 0) is 61.7 Å². The van der Waals surface area contributed by atoms with Crippen molar-refractivity contribution >= 4 is 27.8 Å². The molecule has 0 saturated heterocycles. The maximum Gasteiger partial charge on any atom is 0.127 e. The van der Waals surface area contributed by atoms with Gasteiger partial charge in [-0.2, -0.15) is 0 Å². The van der Waals surface area contributed by atoms with Gasteiger partial charge in [0.25, 0.3) is 0 Å². The van der Waals surface area contributed by atoms with Gasteiger partial charge in [0.2, 0.25) is 0 Å². The molecule has 98 valence electrons. The quantitative estimate of drug-likeness (QED) is 0.790. The molecule has 0 radical (unpaired) electrons. The van der Waals surface area contributed by atoms with E-state index in [0.717, 1.165) is 15.7 Å². The number of hydrogen-bond acceptors (Lipinski definition) is 2. The lowest BCUT2D eigenvalue weighted by atomic mass is 10.1. The third kappa shape index (κ3) is 3.24. The minimum Gasteiger partial charge on any atom is -0.507 e. The first-order valence-electron chi connectivity index (χ1n) is 6.08. The molecule has 2 aromatic rings. The summed E-state index contributed by atoms with van der Waals surface area (Å²) in [5, 5.41) is 9.99. The van der Waals surface area contributed by atoms with Crippen LogP contribution in [0.5, 0.6) is 5.75 Å². The summed E-state index contributed by atoms with van der Waals surface area (Å²) >= 11 is 3.42. The molecule has 0 unspecified atom stereocenters. The zero-order valence-electron chi connectivity index (χ0n) is 11.2. The van der Waals surface area contributed by atoms with Crippen LogP contribution in [0, 0.1) is 20.8 Å². The Kier molecular flexibility index (Phi) is 4.05. The van der Waals surface area contributed by atoms with Crippen molar-refractivity contribution in [1.82, 2.24) is 0 Å². The molecule has 19 heavy (non-hydrogen) atoms. The smallest absolute Gasteiger partial charge is 0.127 e. The van der Waals surface area contributed by atoms with Crippen LogP contribution >= 0.6 is 15.9 Å². The van der Waals surface area contributed by atoms with Gasteiger partial charge in [0.15, 0.2) is 0 Å². The van der Waals surface area contributed by atoms with Crippen molar-refractivity contribution in [2.75, 3.05) is 0 Å². The Bertz CT molecular complexity index is 647. The number of halogens is 1. The average molecular weight is 318 g/mol. The van der Waals surface area contributed by atoms with E-state index in [1.54, 1.807) is 6.21 Å². The van der Waals surface area contributed by atoms with Gasteiger partial charge in [0.05, 0.1) is 5.69 Å². The highest BCUT2D eigenvalue weighted by molar-refractivity contribution is 9.10. The van der Waals surface area contributed by atoms with Gasteiger partial charge in [0.1, 0.15) is 5.75 Å². The van der Waals surface area contributed by atoms with Crippen molar-refractivity contribution in [1.29, 1.82) is 0 Å². The van der Waals surface area contributed by atoms with Crippen molar-refractivity contribution < 1.29 is 5.11 Å². The van der Waals surface area contributed by atoms with Gasteiger partial charge >= 0.3 is 0 Å². The summed E-state index contributed by atoms with van der Waals surface area (Å²) in [6.07, 6.45) is 1.69. The summed E-state index contributed by atoms with van der Waals surface area (Å²) in [5.41, 5.74) is 4.89. The molecule has 1 N–H and O–H groups in total. The van der Waals surface area contributed by atoms with Crippen molar-refractivity contribution in [2.45, 2.75) is 20.8 Å². The second-order valence-electron chi connectivity index (χ2n) is 4.69. The molecule has 2 aromatic carbocycles. The van der Waals surface area contributed by atoms with Crippen LogP contribution < -0.4 is 0 Å². The first-order valence-corrected chi connectivity index (χ1v) is 6.87. The SMILES string of the molecule is Cc1ccc(N=Cc2cc(Br)cc(C)c2O)cc1C. The number of hydrogen-bond donors (Lipinski definition) is 1. The fraction of sp³-hybridized carbons (Fsp3) is 0.188. The molecule has 0 bridgehead atoms. The predicted molar refractivity (Wildman–Crippen MR) is 83.7 cm³/mol. The zero-order valence-corrected chi connectivity index (χ0v) is 12.8. The Balaban J connectivity index is 2.35. The molecular weight excluding hydrogens is 302 g/mol. The van der Waals surface area contributed by atoms with Crippen LogP contribution in [-0.4, -0.2) is 11.3 Å². The largest absolute Gasteiger partial charge is 0.507 e. The van der Waals surface area contributed by atoms with E-state index in [1.165, 1.54) is 11.1 Å². The monoisotopic (exact) mass is 317 g/mol. The van der Waals surface area contributed by atoms with E-state index in [9.17, 15) is 5.11 Å². The number of benzene rings is 2. The highest BCUT2D eigenvalue weighted by Crippen LogP contribution is 2.26. The molecule has 2 nitrogen and oxygen atoms in total. The van der Waals surface area contributed by atoms with Crippen LogP contribution in [0.2, 0.25) is 0 Å². The molecule has 0 aliphatic heterocycles. The van der Waals surface area contributed by atoms with E-state index in [4.69, 9.17) is 0 Å². The Hall–Kier alpha value is -1.61. The summed E-state index contributed by atoms with van der Waals surface area (Å²) < 4.78 is 0.935. The Labute approximate surface area is 122 Å². The Morgan fingerprint density at radius 1 is 1.00 bits per heavy atom. The average Bonchev–Trinajstić information content (AvgIpc) is 2.36. The van der Waals surface area contributed by atoms with Gasteiger partial charge in [0, 0.05) is 16.3 Å². The number of aliphatic imine (C=N–C) groups is 1. The van der Waals surface area contributed by atoms with Gasteiger partial charge in [-0.25, -0.2) is 0 Å². The third-order valence-corrected chi connectivity index (χ3v) is 3.60. The Morgan fingerprint density at radius 2 is 1.74 bits per heavy atom. The van der Waals surface area contributed by atoms with E-state index in [0.29, 0.717) is 5.56 Å². The summed E-state index contributed by atoms with van der Waals surface area (Å²) in [4.78, 5) is 4.42. The second-order valence-corrected chi connectivity index (χ2v) is 5.60. The highest BCUT2D eigenvalue weighted by Gasteiger charge is 2.04. The molecule has 0 heterocycles. The predicted octanol–water partition coefficient (Wildman–Crippen LogP) is 4.83.